The molecule has 134 valence electrons. The summed E-state index contributed by atoms with van der Waals surface area (Å²) in [5.74, 6) is 0.161. The van der Waals surface area contributed by atoms with Crippen LogP contribution in [0.1, 0.15) is 73.0 Å². The van der Waals surface area contributed by atoms with Gasteiger partial charge in [-0.1, -0.05) is 19.8 Å². The zero-order valence-electron chi connectivity index (χ0n) is 15.3. The summed E-state index contributed by atoms with van der Waals surface area (Å²) in [5, 5.41) is 6.14. The van der Waals surface area contributed by atoms with E-state index in [0.29, 0.717) is 0 Å². The van der Waals surface area contributed by atoms with Crippen molar-refractivity contribution in [2.45, 2.75) is 78.3 Å². The Morgan fingerprint density at radius 1 is 1.33 bits per heavy atom. The van der Waals surface area contributed by atoms with Crippen molar-refractivity contribution >= 4 is 23.2 Å². The van der Waals surface area contributed by atoms with E-state index in [4.69, 9.17) is 0 Å². The number of carbonyl (C=O) groups excluding carboxylic acids is 2. The molecule has 0 saturated heterocycles. The second kappa shape index (κ2) is 8.65. The van der Waals surface area contributed by atoms with Crippen LogP contribution in [-0.4, -0.2) is 23.9 Å². The quantitative estimate of drug-likeness (QED) is 0.819. The molecule has 0 bridgehead atoms. The Morgan fingerprint density at radius 3 is 2.75 bits per heavy atom. The molecule has 1 aliphatic carbocycles. The number of nitrogens with one attached hydrogen (secondary N) is 2. The predicted molar refractivity (Wildman–Crippen MR) is 99.5 cm³/mol. The molecule has 24 heavy (non-hydrogen) atoms. The first-order valence-electron chi connectivity index (χ1n) is 9.11. The SMILES string of the molecule is CCCc1cc(C(=O)NC2CCCC(C(=O)NC(C)C)C2)sc1C. The van der Waals surface area contributed by atoms with Crippen molar-refractivity contribution in [3.05, 3.63) is 21.4 Å². The van der Waals surface area contributed by atoms with Crippen molar-refractivity contribution in [3.8, 4) is 0 Å². The molecule has 2 unspecified atom stereocenters. The van der Waals surface area contributed by atoms with E-state index in [1.807, 2.05) is 19.9 Å². The average Bonchev–Trinajstić information content (AvgIpc) is 2.88. The summed E-state index contributed by atoms with van der Waals surface area (Å²) in [4.78, 5) is 26.8. The maximum Gasteiger partial charge on any atom is 0.261 e. The van der Waals surface area contributed by atoms with Gasteiger partial charge < -0.3 is 10.6 Å². The fourth-order valence-corrected chi connectivity index (χ4v) is 4.34. The Morgan fingerprint density at radius 2 is 2.08 bits per heavy atom. The Balaban J connectivity index is 1.93. The molecule has 5 heteroatoms. The Hall–Kier alpha value is -1.36. The number of aryl methyl sites for hydroxylation is 2. The van der Waals surface area contributed by atoms with E-state index in [1.165, 1.54) is 10.4 Å². The summed E-state index contributed by atoms with van der Waals surface area (Å²) in [6, 6.07) is 2.30. The van der Waals surface area contributed by atoms with Crippen LogP contribution in [0.15, 0.2) is 6.07 Å². The first kappa shape index (κ1) is 19.0. The van der Waals surface area contributed by atoms with Crippen LogP contribution in [0.2, 0.25) is 0 Å². The fraction of sp³-hybridized carbons (Fsp3) is 0.684. The molecule has 2 amide bonds. The molecular formula is C19H30N2O2S. The topological polar surface area (TPSA) is 58.2 Å². The van der Waals surface area contributed by atoms with E-state index in [-0.39, 0.29) is 29.8 Å². The van der Waals surface area contributed by atoms with Crippen LogP contribution >= 0.6 is 11.3 Å². The number of carbonyl (C=O) groups is 2. The molecule has 1 aromatic heterocycles. The Kier molecular flexibility index (Phi) is 6.84. The van der Waals surface area contributed by atoms with Crippen LogP contribution in [0.25, 0.3) is 0 Å². The summed E-state index contributed by atoms with van der Waals surface area (Å²) in [6.07, 6.45) is 5.74. The molecule has 0 aromatic carbocycles. The minimum absolute atomic E-state index is 0.0142. The van der Waals surface area contributed by atoms with Gasteiger partial charge >= 0.3 is 0 Å². The van der Waals surface area contributed by atoms with Crippen LogP contribution < -0.4 is 10.6 Å². The first-order valence-corrected chi connectivity index (χ1v) is 9.92. The van der Waals surface area contributed by atoms with Gasteiger partial charge in [-0.25, -0.2) is 0 Å². The Labute approximate surface area is 149 Å². The molecule has 4 nitrogen and oxygen atoms in total. The van der Waals surface area contributed by atoms with Crippen LogP contribution in [0.3, 0.4) is 0 Å². The van der Waals surface area contributed by atoms with E-state index in [9.17, 15) is 9.59 Å². The lowest BCUT2D eigenvalue weighted by molar-refractivity contribution is -0.126. The molecule has 1 aromatic rings. The highest BCUT2D eigenvalue weighted by Gasteiger charge is 2.28. The molecule has 2 N–H and O–H groups in total. The van der Waals surface area contributed by atoms with E-state index in [0.717, 1.165) is 43.4 Å². The Bertz CT molecular complexity index is 580. The van der Waals surface area contributed by atoms with E-state index in [1.54, 1.807) is 11.3 Å². The number of hydrogen-bond acceptors (Lipinski definition) is 3. The standard InChI is InChI=1S/C19H30N2O2S/c1-5-7-14-11-17(24-13(14)4)19(23)21-16-9-6-8-15(10-16)18(22)20-12(2)3/h11-12,15-16H,5-10H2,1-4H3,(H,20,22)(H,21,23). The summed E-state index contributed by atoms with van der Waals surface area (Å²) < 4.78 is 0. The fourth-order valence-electron chi connectivity index (χ4n) is 3.37. The molecular weight excluding hydrogens is 320 g/mol. The van der Waals surface area contributed by atoms with Gasteiger partial charge in [0.25, 0.3) is 5.91 Å². The predicted octanol–water partition coefficient (Wildman–Crippen LogP) is 3.82. The molecule has 2 atom stereocenters. The van der Waals surface area contributed by atoms with Gasteiger partial charge in [-0.05, 0) is 58.1 Å². The third-order valence-electron chi connectivity index (χ3n) is 4.57. The van der Waals surface area contributed by atoms with Gasteiger partial charge in [0.05, 0.1) is 4.88 Å². The number of hydrogen-bond donors (Lipinski definition) is 2. The lowest BCUT2D eigenvalue weighted by atomic mass is 9.85. The second-order valence-corrected chi connectivity index (χ2v) is 8.40. The largest absolute Gasteiger partial charge is 0.354 e. The first-order chi connectivity index (χ1) is 11.4. The zero-order chi connectivity index (χ0) is 17.7. The van der Waals surface area contributed by atoms with Gasteiger partial charge in [-0.3, -0.25) is 9.59 Å². The normalized spacial score (nSPS) is 20.9. The second-order valence-electron chi connectivity index (χ2n) is 7.14. The number of thiophene rings is 1. The van der Waals surface area contributed by atoms with Gasteiger partial charge in [0, 0.05) is 22.9 Å². The third kappa shape index (κ3) is 5.07. The number of rotatable bonds is 6. The number of amides is 2. The van der Waals surface area contributed by atoms with Gasteiger partial charge in [0.2, 0.25) is 5.91 Å². The van der Waals surface area contributed by atoms with E-state index in [2.05, 4.69) is 24.5 Å². The molecule has 2 rings (SSSR count). The van der Waals surface area contributed by atoms with Gasteiger partial charge in [-0.2, -0.15) is 0 Å². The van der Waals surface area contributed by atoms with Gasteiger partial charge in [-0.15, -0.1) is 11.3 Å². The minimum atomic E-state index is 0.0142. The highest BCUT2D eigenvalue weighted by molar-refractivity contribution is 7.14. The third-order valence-corrected chi connectivity index (χ3v) is 5.67. The highest BCUT2D eigenvalue weighted by atomic mass is 32.1. The van der Waals surface area contributed by atoms with Gasteiger partial charge in [0.15, 0.2) is 0 Å². The lowest BCUT2D eigenvalue weighted by Gasteiger charge is -2.29. The van der Waals surface area contributed by atoms with Crippen LogP contribution in [0, 0.1) is 12.8 Å². The summed E-state index contributed by atoms with van der Waals surface area (Å²) in [6.45, 7) is 8.19. The summed E-state index contributed by atoms with van der Waals surface area (Å²) in [7, 11) is 0. The minimum Gasteiger partial charge on any atom is -0.354 e. The molecule has 0 aliphatic heterocycles. The smallest absolute Gasteiger partial charge is 0.261 e. The van der Waals surface area contributed by atoms with Crippen molar-refractivity contribution in [1.82, 2.24) is 10.6 Å². The summed E-state index contributed by atoms with van der Waals surface area (Å²) >= 11 is 1.58. The molecule has 0 radical (unpaired) electrons. The van der Waals surface area contributed by atoms with Crippen molar-refractivity contribution < 1.29 is 9.59 Å². The molecule has 1 saturated carbocycles. The zero-order valence-corrected chi connectivity index (χ0v) is 16.1. The van der Waals surface area contributed by atoms with E-state index >= 15 is 0 Å². The highest BCUT2D eigenvalue weighted by Crippen LogP contribution is 2.26. The van der Waals surface area contributed by atoms with Crippen molar-refractivity contribution in [1.29, 1.82) is 0 Å². The maximum atomic E-state index is 12.5. The molecule has 1 aliphatic rings. The molecule has 0 spiro atoms. The van der Waals surface area contributed by atoms with Crippen LogP contribution in [0.4, 0.5) is 0 Å². The maximum absolute atomic E-state index is 12.5. The molecule has 1 heterocycles. The van der Waals surface area contributed by atoms with Crippen LogP contribution in [-0.2, 0) is 11.2 Å². The molecule has 1 fully saturated rings. The van der Waals surface area contributed by atoms with Crippen molar-refractivity contribution in [2.75, 3.05) is 0 Å². The van der Waals surface area contributed by atoms with Crippen molar-refractivity contribution in [2.24, 2.45) is 5.92 Å². The monoisotopic (exact) mass is 350 g/mol. The average molecular weight is 351 g/mol. The van der Waals surface area contributed by atoms with Crippen LogP contribution in [0.5, 0.6) is 0 Å². The summed E-state index contributed by atoms with van der Waals surface area (Å²) in [5.41, 5.74) is 1.28. The van der Waals surface area contributed by atoms with Gasteiger partial charge in [0.1, 0.15) is 0 Å². The van der Waals surface area contributed by atoms with E-state index < -0.39 is 0 Å². The lowest BCUT2D eigenvalue weighted by Crippen LogP contribution is -2.43. The van der Waals surface area contributed by atoms with Crippen molar-refractivity contribution in [3.63, 3.8) is 0 Å².